The van der Waals surface area contributed by atoms with E-state index in [2.05, 4.69) is 5.32 Å². The molecule has 0 radical (unpaired) electrons. The molecule has 1 fully saturated rings. The summed E-state index contributed by atoms with van der Waals surface area (Å²) in [6.07, 6.45) is 4.09. The van der Waals surface area contributed by atoms with Crippen molar-refractivity contribution in [2.24, 2.45) is 0 Å². The minimum Gasteiger partial charge on any atom is -0.335 e. The topological polar surface area (TPSA) is 73.2 Å². The van der Waals surface area contributed by atoms with Gasteiger partial charge in [0.25, 0.3) is 0 Å². The Morgan fingerprint density at radius 2 is 2.19 bits per heavy atom. The van der Waals surface area contributed by atoms with Gasteiger partial charge in [-0.3, -0.25) is 9.59 Å². The maximum absolute atomic E-state index is 11.8. The molecule has 5 heteroatoms. The van der Waals surface area contributed by atoms with Crippen LogP contribution in [0.25, 0.3) is 0 Å². The van der Waals surface area contributed by atoms with Gasteiger partial charge in [-0.05, 0) is 19.8 Å². The fourth-order valence-corrected chi connectivity index (χ4v) is 1.90. The molecule has 0 aromatic rings. The van der Waals surface area contributed by atoms with Crippen LogP contribution in [-0.4, -0.2) is 35.8 Å². The number of carbonyl (C=O) groups is 2. The summed E-state index contributed by atoms with van der Waals surface area (Å²) in [4.78, 5) is 24.8. The van der Waals surface area contributed by atoms with Crippen LogP contribution >= 0.6 is 0 Å². The molecule has 1 aliphatic heterocycles. The van der Waals surface area contributed by atoms with Crippen LogP contribution in [0.1, 0.15) is 32.6 Å². The van der Waals surface area contributed by atoms with E-state index in [4.69, 9.17) is 5.26 Å². The van der Waals surface area contributed by atoms with E-state index in [9.17, 15) is 9.59 Å². The molecule has 1 saturated heterocycles. The first-order chi connectivity index (χ1) is 7.66. The minimum absolute atomic E-state index is 0.114. The van der Waals surface area contributed by atoms with Crippen molar-refractivity contribution in [2.45, 2.75) is 38.6 Å². The number of carbonyl (C=O) groups excluding carboxylic acids is 2. The van der Waals surface area contributed by atoms with Crippen LogP contribution in [0.4, 0.5) is 0 Å². The van der Waals surface area contributed by atoms with Crippen molar-refractivity contribution < 1.29 is 9.59 Å². The van der Waals surface area contributed by atoms with Gasteiger partial charge in [0.15, 0.2) is 0 Å². The zero-order valence-electron chi connectivity index (χ0n) is 9.53. The van der Waals surface area contributed by atoms with Gasteiger partial charge in [0.05, 0.1) is 6.07 Å². The Morgan fingerprint density at radius 1 is 1.44 bits per heavy atom. The van der Waals surface area contributed by atoms with Gasteiger partial charge in [-0.2, -0.15) is 5.26 Å². The van der Waals surface area contributed by atoms with E-state index in [-0.39, 0.29) is 12.6 Å². The molecule has 88 valence electrons. The Morgan fingerprint density at radius 3 is 2.88 bits per heavy atom. The molecule has 1 N–H and O–H groups in total. The van der Waals surface area contributed by atoms with E-state index in [0.29, 0.717) is 6.54 Å². The molecular formula is C11H17N3O2. The highest BCUT2D eigenvalue weighted by atomic mass is 16.2. The van der Waals surface area contributed by atoms with E-state index < -0.39 is 11.8 Å². The fourth-order valence-electron chi connectivity index (χ4n) is 1.90. The number of likely N-dealkylation sites (tertiary alicyclic amines) is 1. The molecule has 2 amide bonds. The maximum atomic E-state index is 11.8. The lowest BCUT2D eigenvalue weighted by atomic mass is 10.1. The SMILES string of the molecule is CC1CCCCCN1C(=O)C(=O)NCC#N. The van der Waals surface area contributed by atoms with E-state index in [1.165, 1.54) is 0 Å². The van der Waals surface area contributed by atoms with E-state index in [1.54, 1.807) is 11.0 Å². The van der Waals surface area contributed by atoms with Crippen LogP contribution < -0.4 is 5.32 Å². The second-order valence-electron chi connectivity index (χ2n) is 4.04. The molecule has 0 aliphatic carbocycles. The number of hydrogen-bond donors (Lipinski definition) is 1. The molecule has 0 aromatic heterocycles. The summed E-state index contributed by atoms with van der Waals surface area (Å²) in [7, 11) is 0. The molecule has 1 heterocycles. The third kappa shape index (κ3) is 3.23. The Hall–Kier alpha value is -1.57. The number of nitrogens with zero attached hydrogens (tertiary/aromatic N) is 2. The van der Waals surface area contributed by atoms with Gasteiger partial charge in [0, 0.05) is 12.6 Å². The number of rotatable bonds is 1. The molecule has 1 rings (SSSR count). The molecular weight excluding hydrogens is 206 g/mol. The van der Waals surface area contributed by atoms with Gasteiger partial charge >= 0.3 is 11.8 Å². The Kier molecular flexibility index (Phi) is 4.77. The zero-order chi connectivity index (χ0) is 12.0. The van der Waals surface area contributed by atoms with Crippen molar-refractivity contribution in [1.29, 1.82) is 5.26 Å². The monoisotopic (exact) mass is 223 g/mol. The smallest absolute Gasteiger partial charge is 0.312 e. The van der Waals surface area contributed by atoms with Crippen LogP contribution in [-0.2, 0) is 9.59 Å². The third-order valence-electron chi connectivity index (χ3n) is 2.84. The van der Waals surface area contributed by atoms with Crippen molar-refractivity contribution in [3.63, 3.8) is 0 Å². The van der Waals surface area contributed by atoms with Gasteiger partial charge in [0.2, 0.25) is 0 Å². The summed E-state index contributed by atoms with van der Waals surface area (Å²) in [5.74, 6) is -1.18. The van der Waals surface area contributed by atoms with Crippen LogP contribution in [0.5, 0.6) is 0 Å². The number of nitrogens with one attached hydrogen (secondary N) is 1. The summed E-state index contributed by atoms with van der Waals surface area (Å²) in [5, 5.41) is 10.6. The largest absolute Gasteiger partial charge is 0.335 e. The normalized spacial score (nSPS) is 20.8. The predicted molar refractivity (Wildman–Crippen MR) is 58.3 cm³/mol. The highest BCUT2D eigenvalue weighted by molar-refractivity contribution is 6.35. The lowest BCUT2D eigenvalue weighted by molar-refractivity contribution is -0.147. The molecule has 1 unspecified atom stereocenters. The third-order valence-corrected chi connectivity index (χ3v) is 2.84. The Bertz CT molecular complexity index is 309. The summed E-state index contributed by atoms with van der Waals surface area (Å²) in [5.41, 5.74) is 0. The summed E-state index contributed by atoms with van der Waals surface area (Å²) < 4.78 is 0. The number of nitriles is 1. The minimum atomic E-state index is -0.671. The molecule has 0 aromatic carbocycles. The molecule has 1 aliphatic rings. The zero-order valence-corrected chi connectivity index (χ0v) is 9.53. The lowest BCUT2D eigenvalue weighted by Crippen LogP contribution is -2.46. The van der Waals surface area contributed by atoms with Crippen LogP contribution in [0.15, 0.2) is 0 Å². The highest BCUT2D eigenvalue weighted by Gasteiger charge is 2.26. The van der Waals surface area contributed by atoms with Crippen LogP contribution in [0.3, 0.4) is 0 Å². The average molecular weight is 223 g/mol. The van der Waals surface area contributed by atoms with Crippen molar-refractivity contribution in [2.75, 3.05) is 13.1 Å². The first kappa shape index (κ1) is 12.5. The predicted octanol–water partition coefficient (Wildman–Crippen LogP) is 0.417. The Balaban J connectivity index is 2.57. The molecule has 0 spiro atoms. The molecule has 0 bridgehead atoms. The van der Waals surface area contributed by atoms with E-state index in [0.717, 1.165) is 25.7 Å². The molecule has 5 nitrogen and oxygen atoms in total. The highest BCUT2D eigenvalue weighted by Crippen LogP contribution is 2.16. The van der Waals surface area contributed by atoms with E-state index in [1.807, 2.05) is 6.92 Å². The lowest BCUT2D eigenvalue weighted by Gasteiger charge is -2.26. The number of hydrogen-bond acceptors (Lipinski definition) is 3. The van der Waals surface area contributed by atoms with Crippen molar-refractivity contribution >= 4 is 11.8 Å². The van der Waals surface area contributed by atoms with Crippen LogP contribution in [0, 0.1) is 11.3 Å². The first-order valence-electron chi connectivity index (χ1n) is 5.62. The van der Waals surface area contributed by atoms with Gasteiger partial charge < -0.3 is 10.2 Å². The van der Waals surface area contributed by atoms with Crippen molar-refractivity contribution in [3.05, 3.63) is 0 Å². The quantitative estimate of drug-likeness (QED) is 0.517. The summed E-state index contributed by atoms with van der Waals surface area (Å²) in [6.45, 7) is 2.48. The second kappa shape index (κ2) is 6.11. The Labute approximate surface area is 95.4 Å². The summed E-state index contributed by atoms with van der Waals surface area (Å²) >= 11 is 0. The van der Waals surface area contributed by atoms with Gasteiger partial charge in [-0.25, -0.2) is 0 Å². The standard InChI is InChI=1S/C11H17N3O2/c1-9-5-3-2-4-8-14(9)11(16)10(15)13-7-6-12/h9H,2-5,7-8H2,1H3,(H,13,15). The average Bonchev–Trinajstić information content (AvgIpc) is 2.49. The van der Waals surface area contributed by atoms with Crippen molar-refractivity contribution in [1.82, 2.24) is 10.2 Å². The molecule has 0 saturated carbocycles. The van der Waals surface area contributed by atoms with E-state index >= 15 is 0 Å². The number of amides is 2. The van der Waals surface area contributed by atoms with Crippen LogP contribution in [0.2, 0.25) is 0 Å². The van der Waals surface area contributed by atoms with Crippen molar-refractivity contribution in [3.8, 4) is 6.07 Å². The second-order valence-corrected chi connectivity index (χ2v) is 4.04. The fraction of sp³-hybridized carbons (Fsp3) is 0.727. The van der Waals surface area contributed by atoms with Gasteiger partial charge in [-0.1, -0.05) is 12.8 Å². The first-order valence-corrected chi connectivity index (χ1v) is 5.62. The molecule has 1 atom stereocenters. The molecule has 16 heavy (non-hydrogen) atoms. The van der Waals surface area contributed by atoms with Gasteiger partial charge in [-0.15, -0.1) is 0 Å². The maximum Gasteiger partial charge on any atom is 0.312 e. The van der Waals surface area contributed by atoms with Gasteiger partial charge in [0.1, 0.15) is 6.54 Å². The summed E-state index contributed by atoms with van der Waals surface area (Å²) in [6, 6.07) is 1.89.